The van der Waals surface area contributed by atoms with Crippen LogP contribution in [0.25, 0.3) is 0 Å². The Balaban J connectivity index is 1.69. The molecule has 6 heteroatoms. The van der Waals surface area contributed by atoms with Gasteiger partial charge >= 0.3 is 0 Å². The molecule has 1 saturated heterocycles. The van der Waals surface area contributed by atoms with E-state index in [4.69, 9.17) is 4.99 Å². The molecule has 0 radical (unpaired) electrons. The molecule has 2 heterocycles. The minimum absolute atomic E-state index is 0.477. The van der Waals surface area contributed by atoms with Crippen molar-refractivity contribution < 1.29 is 0 Å². The first-order chi connectivity index (χ1) is 11.2. The van der Waals surface area contributed by atoms with Gasteiger partial charge in [-0.25, -0.2) is 9.98 Å². The van der Waals surface area contributed by atoms with E-state index in [1.807, 2.05) is 6.20 Å². The molecule has 1 aromatic rings. The Hall–Kier alpha value is -0.750. The summed E-state index contributed by atoms with van der Waals surface area (Å²) in [4.78, 5) is 13.1. The van der Waals surface area contributed by atoms with Gasteiger partial charge in [0.1, 0.15) is 5.01 Å². The molecule has 23 heavy (non-hydrogen) atoms. The van der Waals surface area contributed by atoms with Crippen molar-refractivity contribution in [2.75, 3.05) is 25.4 Å². The van der Waals surface area contributed by atoms with Crippen molar-refractivity contribution in [3.63, 3.8) is 0 Å². The topological polar surface area (TPSA) is 40.5 Å². The molecular formula is C17H28N4S2. The third-order valence-electron chi connectivity index (χ3n) is 4.68. The lowest BCUT2D eigenvalue weighted by Crippen LogP contribution is -2.53. The fourth-order valence-electron chi connectivity index (χ4n) is 3.57. The minimum Gasteiger partial charge on any atom is -0.357 e. The summed E-state index contributed by atoms with van der Waals surface area (Å²) in [6, 6.07) is 0. The number of nitrogens with zero attached hydrogens (tertiary/aromatic N) is 3. The number of aromatic nitrogens is 1. The summed E-state index contributed by atoms with van der Waals surface area (Å²) in [5, 5.41) is 4.60. The smallest absolute Gasteiger partial charge is 0.194 e. The third kappa shape index (κ3) is 4.41. The molecule has 4 nitrogen and oxygen atoms in total. The van der Waals surface area contributed by atoms with Gasteiger partial charge < -0.3 is 10.2 Å². The second-order valence-electron chi connectivity index (χ2n) is 6.55. The van der Waals surface area contributed by atoms with Crippen LogP contribution >= 0.6 is 23.1 Å². The van der Waals surface area contributed by atoms with E-state index in [0.717, 1.165) is 30.6 Å². The van der Waals surface area contributed by atoms with Crippen molar-refractivity contribution >= 4 is 29.1 Å². The first-order valence-electron chi connectivity index (χ1n) is 8.79. The van der Waals surface area contributed by atoms with Crippen LogP contribution < -0.4 is 5.32 Å². The van der Waals surface area contributed by atoms with Gasteiger partial charge in [-0.1, -0.05) is 19.3 Å². The molecule has 0 atom stereocenters. The predicted octanol–water partition coefficient (Wildman–Crippen LogP) is 3.67. The van der Waals surface area contributed by atoms with Crippen LogP contribution in [0.4, 0.5) is 0 Å². The number of aliphatic imine (C=N–C) groups is 1. The summed E-state index contributed by atoms with van der Waals surface area (Å²) < 4.78 is 0.477. The largest absolute Gasteiger partial charge is 0.357 e. The van der Waals surface area contributed by atoms with Gasteiger partial charge in [-0.3, -0.25) is 0 Å². The SMILES string of the molecule is CCNC(=NCc1ncc(C)s1)N1CCSC2(CCCCC2)C1. The molecule has 1 aliphatic heterocycles. The number of nitrogens with one attached hydrogen (secondary N) is 1. The van der Waals surface area contributed by atoms with Crippen molar-refractivity contribution in [1.82, 2.24) is 15.2 Å². The highest BCUT2D eigenvalue weighted by Crippen LogP contribution is 2.42. The summed E-state index contributed by atoms with van der Waals surface area (Å²) in [5.41, 5.74) is 0. The number of thiazole rings is 1. The standard InChI is InChI=1S/C17H28N4S2/c1-3-18-16(20-12-15-19-11-14(2)23-15)21-9-10-22-17(13-21)7-5-4-6-8-17/h11H,3-10,12-13H2,1-2H3,(H,18,20). The number of thioether (sulfide) groups is 1. The molecule has 1 aromatic heterocycles. The van der Waals surface area contributed by atoms with E-state index in [0.29, 0.717) is 11.3 Å². The Kier molecular flexibility index (Phi) is 5.85. The zero-order chi connectivity index (χ0) is 16.1. The van der Waals surface area contributed by atoms with E-state index in [-0.39, 0.29) is 0 Å². The highest BCUT2D eigenvalue weighted by Gasteiger charge is 2.38. The summed E-state index contributed by atoms with van der Waals surface area (Å²) in [5.74, 6) is 2.30. The van der Waals surface area contributed by atoms with Crippen molar-refractivity contribution in [3.8, 4) is 0 Å². The van der Waals surface area contributed by atoms with Crippen molar-refractivity contribution in [3.05, 3.63) is 16.1 Å². The molecule has 0 unspecified atom stereocenters. The van der Waals surface area contributed by atoms with Gasteiger partial charge in [0.25, 0.3) is 0 Å². The van der Waals surface area contributed by atoms with Gasteiger partial charge in [0.15, 0.2) is 5.96 Å². The van der Waals surface area contributed by atoms with E-state index in [1.54, 1.807) is 11.3 Å². The Bertz CT molecular complexity index is 529. The van der Waals surface area contributed by atoms with E-state index < -0.39 is 0 Å². The molecule has 1 spiro atoms. The molecule has 1 N–H and O–H groups in total. The van der Waals surface area contributed by atoms with Crippen LogP contribution in [0.15, 0.2) is 11.2 Å². The number of guanidine groups is 1. The average Bonchev–Trinajstić information content (AvgIpc) is 2.98. The Morgan fingerprint density at radius 3 is 2.91 bits per heavy atom. The quantitative estimate of drug-likeness (QED) is 0.666. The van der Waals surface area contributed by atoms with E-state index in [9.17, 15) is 0 Å². The van der Waals surface area contributed by atoms with Gasteiger partial charge in [-0.15, -0.1) is 11.3 Å². The maximum atomic E-state index is 4.87. The highest BCUT2D eigenvalue weighted by atomic mass is 32.2. The van der Waals surface area contributed by atoms with E-state index in [2.05, 4.69) is 40.8 Å². The van der Waals surface area contributed by atoms with Crippen LogP contribution in [0.5, 0.6) is 0 Å². The van der Waals surface area contributed by atoms with Crippen molar-refractivity contribution in [1.29, 1.82) is 0 Å². The number of rotatable bonds is 3. The zero-order valence-corrected chi connectivity index (χ0v) is 15.9. The third-order valence-corrected chi connectivity index (χ3v) is 7.11. The molecule has 2 fully saturated rings. The fourth-order valence-corrected chi connectivity index (χ4v) is 5.85. The van der Waals surface area contributed by atoms with Gasteiger partial charge in [-0.05, 0) is 26.7 Å². The Morgan fingerprint density at radius 2 is 2.22 bits per heavy atom. The lowest BCUT2D eigenvalue weighted by molar-refractivity contribution is 0.293. The molecule has 1 saturated carbocycles. The monoisotopic (exact) mass is 352 g/mol. The van der Waals surface area contributed by atoms with Crippen molar-refractivity contribution in [2.24, 2.45) is 4.99 Å². The highest BCUT2D eigenvalue weighted by molar-refractivity contribution is 8.00. The fraction of sp³-hybridized carbons (Fsp3) is 0.765. The average molecular weight is 353 g/mol. The maximum absolute atomic E-state index is 4.87. The number of hydrogen-bond acceptors (Lipinski definition) is 4. The molecule has 0 amide bonds. The van der Waals surface area contributed by atoms with Crippen LogP contribution in [0, 0.1) is 6.92 Å². The molecule has 2 aliphatic rings. The first kappa shape index (κ1) is 17.1. The van der Waals surface area contributed by atoms with Crippen LogP contribution in [-0.2, 0) is 6.54 Å². The Morgan fingerprint density at radius 1 is 1.39 bits per heavy atom. The number of aryl methyl sites for hydroxylation is 1. The predicted molar refractivity (Wildman–Crippen MR) is 102 cm³/mol. The van der Waals surface area contributed by atoms with Crippen LogP contribution in [0.3, 0.4) is 0 Å². The molecule has 0 aromatic carbocycles. The lowest BCUT2D eigenvalue weighted by Gasteiger charge is -2.45. The normalized spacial score (nSPS) is 21.7. The van der Waals surface area contributed by atoms with E-state index >= 15 is 0 Å². The second kappa shape index (κ2) is 7.88. The van der Waals surface area contributed by atoms with Gasteiger partial charge in [0.05, 0.1) is 6.54 Å². The van der Waals surface area contributed by atoms with Gasteiger partial charge in [0, 0.05) is 41.2 Å². The molecule has 0 bridgehead atoms. The van der Waals surface area contributed by atoms with Gasteiger partial charge in [0.2, 0.25) is 0 Å². The van der Waals surface area contributed by atoms with Crippen molar-refractivity contribution in [2.45, 2.75) is 57.2 Å². The molecule has 1 aliphatic carbocycles. The van der Waals surface area contributed by atoms with Gasteiger partial charge in [-0.2, -0.15) is 11.8 Å². The minimum atomic E-state index is 0.477. The van der Waals surface area contributed by atoms with E-state index in [1.165, 1.54) is 42.7 Å². The maximum Gasteiger partial charge on any atom is 0.194 e. The Labute approximate surface area is 148 Å². The summed E-state index contributed by atoms with van der Waals surface area (Å²) in [6.45, 7) is 8.13. The molecule has 3 rings (SSSR count). The molecule has 128 valence electrons. The number of hydrogen-bond donors (Lipinski definition) is 1. The summed E-state index contributed by atoms with van der Waals surface area (Å²) in [7, 11) is 0. The van der Waals surface area contributed by atoms with Crippen LogP contribution in [0.1, 0.15) is 48.9 Å². The van der Waals surface area contributed by atoms with Crippen LogP contribution in [0.2, 0.25) is 0 Å². The molecular weight excluding hydrogens is 324 g/mol. The lowest BCUT2D eigenvalue weighted by atomic mass is 9.87. The second-order valence-corrected chi connectivity index (χ2v) is 9.43. The first-order valence-corrected chi connectivity index (χ1v) is 10.6. The summed E-state index contributed by atoms with van der Waals surface area (Å²) >= 11 is 3.96. The zero-order valence-electron chi connectivity index (χ0n) is 14.3. The van der Waals surface area contributed by atoms with Crippen LogP contribution in [-0.4, -0.2) is 46.0 Å². The summed E-state index contributed by atoms with van der Waals surface area (Å²) in [6.07, 6.45) is 8.90.